The van der Waals surface area contributed by atoms with E-state index in [0.29, 0.717) is 35.0 Å². The van der Waals surface area contributed by atoms with Gasteiger partial charge in [0.05, 0.1) is 19.4 Å². The quantitative estimate of drug-likeness (QED) is 0.245. The number of methoxy groups -OCH3 is 1. The minimum absolute atomic E-state index is 0.00502. The molecule has 3 aromatic rings. The number of hydrogen-bond donors (Lipinski definition) is 2. The summed E-state index contributed by atoms with van der Waals surface area (Å²) in [5.74, 6) is 0.348. The lowest BCUT2D eigenvalue weighted by Crippen LogP contribution is -2.54. The van der Waals surface area contributed by atoms with E-state index in [2.05, 4.69) is 10.6 Å². The number of carbonyl (C=O) groups is 3. The van der Waals surface area contributed by atoms with Gasteiger partial charge in [-0.15, -0.1) is 0 Å². The Labute approximate surface area is 225 Å². The molecule has 38 heavy (non-hydrogen) atoms. The van der Waals surface area contributed by atoms with Crippen LogP contribution in [0.3, 0.4) is 0 Å². The van der Waals surface area contributed by atoms with Crippen molar-refractivity contribution in [3.63, 3.8) is 0 Å². The van der Waals surface area contributed by atoms with Crippen molar-refractivity contribution in [3.8, 4) is 17.2 Å². The SMILES string of the molecule is CCOc1ccc(NC(=O)COc2ccc(/C=C3/C(=O)NC(=S)N(c4ccc(OC)cc4)C3=O)cc2)cc1. The number of nitrogens with one attached hydrogen (secondary N) is 2. The number of nitrogens with zero attached hydrogens (tertiary/aromatic N) is 1. The molecule has 0 spiro atoms. The highest BCUT2D eigenvalue weighted by Crippen LogP contribution is 2.25. The molecule has 4 rings (SSSR count). The molecule has 0 aliphatic carbocycles. The zero-order valence-electron chi connectivity index (χ0n) is 20.7. The lowest BCUT2D eigenvalue weighted by atomic mass is 10.1. The minimum atomic E-state index is -0.587. The second kappa shape index (κ2) is 12.0. The van der Waals surface area contributed by atoms with Gasteiger partial charge in [-0.25, -0.2) is 0 Å². The average molecular weight is 532 g/mol. The van der Waals surface area contributed by atoms with Gasteiger partial charge < -0.3 is 19.5 Å². The van der Waals surface area contributed by atoms with E-state index in [9.17, 15) is 14.4 Å². The van der Waals surface area contributed by atoms with Gasteiger partial charge in [-0.05, 0) is 91.4 Å². The van der Waals surface area contributed by atoms with Crippen LogP contribution in [0.4, 0.5) is 11.4 Å². The summed E-state index contributed by atoms with van der Waals surface area (Å²) >= 11 is 5.23. The number of thiocarbonyl (C=S) groups is 1. The van der Waals surface area contributed by atoms with Crippen molar-refractivity contribution in [1.29, 1.82) is 0 Å². The van der Waals surface area contributed by atoms with E-state index >= 15 is 0 Å². The van der Waals surface area contributed by atoms with Gasteiger partial charge in [-0.3, -0.25) is 24.6 Å². The number of amides is 3. The molecule has 0 bridgehead atoms. The van der Waals surface area contributed by atoms with Crippen molar-refractivity contribution in [2.45, 2.75) is 6.92 Å². The zero-order valence-corrected chi connectivity index (χ0v) is 21.5. The standard InChI is InChI=1S/C28H25N3O6S/c1-3-36-22-12-6-19(7-13-22)29-25(32)17-37-23-10-4-18(5-11-23)16-24-26(33)30-28(38)31(27(24)34)20-8-14-21(35-2)15-9-20/h4-16H,3,17H2,1-2H3,(H,29,32)(H,30,33,38)/b24-16-. The molecular weight excluding hydrogens is 506 g/mol. The number of rotatable bonds is 9. The van der Waals surface area contributed by atoms with Crippen LogP contribution >= 0.6 is 12.2 Å². The van der Waals surface area contributed by atoms with Gasteiger partial charge in [0.2, 0.25) is 0 Å². The number of hydrogen-bond acceptors (Lipinski definition) is 7. The van der Waals surface area contributed by atoms with Crippen LogP contribution in [-0.2, 0) is 14.4 Å². The summed E-state index contributed by atoms with van der Waals surface area (Å²) in [4.78, 5) is 39.2. The first-order valence-corrected chi connectivity index (χ1v) is 12.1. The Balaban J connectivity index is 1.39. The first kappa shape index (κ1) is 26.4. The van der Waals surface area contributed by atoms with Crippen LogP contribution in [0.2, 0.25) is 0 Å². The van der Waals surface area contributed by atoms with Crippen molar-refractivity contribution < 1.29 is 28.6 Å². The Hall–Kier alpha value is -4.70. The Morgan fingerprint density at radius 2 is 1.53 bits per heavy atom. The van der Waals surface area contributed by atoms with Crippen LogP contribution in [0, 0.1) is 0 Å². The van der Waals surface area contributed by atoms with Gasteiger partial charge in [-0.1, -0.05) is 12.1 Å². The molecule has 0 saturated carbocycles. The normalized spacial score (nSPS) is 14.2. The van der Waals surface area contributed by atoms with Crippen molar-refractivity contribution in [1.82, 2.24) is 5.32 Å². The summed E-state index contributed by atoms with van der Waals surface area (Å²) in [7, 11) is 1.54. The summed E-state index contributed by atoms with van der Waals surface area (Å²) in [5.41, 5.74) is 1.65. The predicted molar refractivity (Wildman–Crippen MR) is 147 cm³/mol. The highest BCUT2D eigenvalue weighted by molar-refractivity contribution is 7.80. The maximum atomic E-state index is 13.2. The van der Waals surface area contributed by atoms with Gasteiger partial charge in [0.1, 0.15) is 22.8 Å². The number of ether oxygens (including phenoxy) is 3. The molecule has 194 valence electrons. The molecular formula is C28H25N3O6S. The van der Waals surface area contributed by atoms with Gasteiger partial charge in [0.15, 0.2) is 11.7 Å². The first-order chi connectivity index (χ1) is 18.4. The average Bonchev–Trinajstić information content (AvgIpc) is 2.92. The largest absolute Gasteiger partial charge is 0.497 e. The Kier molecular flexibility index (Phi) is 8.34. The zero-order chi connectivity index (χ0) is 27.1. The fourth-order valence-electron chi connectivity index (χ4n) is 3.60. The van der Waals surface area contributed by atoms with E-state index in [-0.39, 0.29) is 23.2 Å². The molecule has 0 unspecified atom stereocenters. The van der Waals surface area contributed by atoms with Crippen LogP contribution in [0.15, 0.2) is 78.4 Å². The van der Waals surface area contributed by atoms with E-state index in [1.165, 1.54) is 11.0 Å². The molecule has 0 aromatic heterocycles. The van der Waals surface area contributed by atoms with Crippen LogP contribution in [-0.4, -0.2) is 43.2 Å². The van der Waals surface area contributed by atoms with Gasteiger partial charge in [-0.2, -0.15) is 0 Å². The summed E-state index contributed by atoms with van der Waals surface area (Å²) in [6.07, 6.45) is 1.47. The van der Waals surface area contributed by atoms with E-state index in [1.807, 2.05) is 6.92 Å². The van der Waals surface area contributed by atoms with Gasteiger partial charge >= 0.3 is 0 Å². The highest BCUT2D eigenvalue weighted by Gasteiger charge is 2.34. The lowest BCUT2D eigenvalue weighted by Gasteiger charge is -2.29. The third-order valence-corrected chi connectivity index (χ3v) is 5.73. The van der Waals surface area contributed by atoms with E-state index in [0.717, 1.165) is 5.75 Å². The molecule has 3 amide bonds. The summed E-state index contributed by atoms with van der Waals surface area (Å²) in [5, 5.41) is 5.30. The van der Waals surface area contributed by atoms with Crippen LogP contribution in [0.25, 0.3) is 6.08 Å². The minimum Gasteiger partial charge on any atom is -0.497 e. The van der Waals surface area contributed by atoms with E-state index in [4.69, 9.17) is 26.4 Å². The van der Waals surface area contributed by atoms with Crippen molar-refractivity contribution >= 4 is 52.5 Å². The van der Waals surface area contributed by atoms with Crippen molar-refractivity contribution in [2.24, 2.45) is 0 Å². The fourth-order valence-corrected chi connectivity index (χ4v) is 3.88. The molecule has 1 aliphatic heterocycles. The highest BCUT2D eigenvalue weighted by atomic mass is 32.1. The number of benzene rings is 3. The lowest BCUT2D eigenvalue weighted by molar-refractivity contribution is -0.122. The monoisotopic (exact) mass is 531 g/mol. The first-order valence-electron chi connectivity index (χ1n) is 11.7. The molecule has 10 heteroatoms. The fraction of sp³-hybridized carbons (Fsp3) is 0.143. The van der Waals surface area contributed by atoms with E-state index in [1.54, 1.807) is 79.9 Å². The third-order valence-electron chi connectivity index (χ3n) is 5.44. The van der Waals surface area contributed by atoms with Crippen LogP contribution in [0.5, 0.6) is 17.2 Å². The predicted octanol–water partition coefficient (Wildman–Crippen LogP) is 3.94. The smallest absolute Gasteiger partial charge is 0.270 e. The molecule has 1 fully saturated rings. The molecule has 1 saturated heterocycles. The summed E-state index contributed by atoms with van der Waals surface area (Å²) in [6, 6.07) is 20.4. The van der Waals surface area contributed by atoms with Crippen LogP contribution in [0.1, 0.15) is 12.5 Å². The summed E-state index contributed by atoms with van der Waals surface area (Å²) < 4.78 is 16.1. The number of carbonyl (C=O) groups excluding carboxylic acids is 3. The maximum Gasteiger partial charge on any atom is 0.270 e. The molecule has 2 N–H and O–H groups in total. The van der Waals surface area contributed by atoms with Crippen LogP contribution < -0.4 is 29.7 Å². The Morgan fingerprint density at radius 3 is 2.16 bits per heavy atom. The number of anilines is 2. The second-order valence-corrected chi connectivity index (χ2v) is 8.41. The Morgan fingerprint density at radius 1 is 0.921 bits per heavy atom. The Bertz CT molecular complexity index is 1370. The molecule has 9 nitrogen and oxygen atoms in total. The van der Waals surface area contributed by atoms with Crippen molar-refractivity contribution in [2.75, 3.05) is 30.5 Å². The molecule has 1 aliphatic rings. The molecule has 1 heterocycles. The van der Waals surface area contributed by atoms with E-state index < -0.39 is 11.8 Å². The molecule has 3 aromatic carbocycles. The second-order valence-electron chi connectivity index (χ2n) is 8.02. The maximum absolute atomic E-state index is 13.2. The van der Waals surface area contributed by atoms with Crippen molar-refractivity contribution in [3.05, 3.63) is 83.9 Å². The van der Waals surface area contributed by atoms with Gasteiger partial charge in [0, 0.05) is 5.69 Å². The molecule has 0 radical (unpaired) electrons. The van der Waals surface area contributed by atoms with Gasteiger partial charge in [0.25, 0.3) is 17.7 Å². The summed E-state index contributed by atoms with van der Waals surface area (Å²) in [6.45, 7) is 2.27. The topological polar surface area (TPSA) is 106 Å². The third kappa shape index (κ3) is 6.34. The molecule has 0 atom stereocenters.